The Balaban J connectivity index is 2.02. The SMILES string of the molecule is CCOC(=O)N1CCC(Nc2ccc(Cl)cc2NC=C(C#N)C#N)CC1. The van der Waals surface area contributed by atoms with Crippen LogP contribution in [-0.4, -0.2) is 36.7 Å². The Bertz CT molecular complexity index is 742. The zero-order valence-corrected chi connectivity index (χ0v) is 15.2. The molecule has 1 aliphatic rings. The molecule has 0 saturated carbocycles. The van der Waals surface area contributed by atoms with Crippen LogP contribution in [0, 0.1) is 22.7 Å². The van der Waals surface area contributed by atoms with Crippen molar-refractivity contribution in [1.82, 2.24) is 4.90 Å². The normalized spacial score (nSPS) is 13.9. The molecule has 0 atom stereocenters. The average Bonchev–Trinajstić information content (AvgIpc) is 2.65. The van der Waals surface area contributed by atoms with Crippen LogP contribution in [0.4, 0.5) is 16.2 Å². The summed E-state index contributed by atoms with van der Waals surface area (Å²) >= 11 is 6.05. The van der Waals surface area contributed by atoms with Crippen LogP contribution in [0.25, 0.3) is 0 Å². The highest BCUT2D eigenvalue weighted by Gasteiger charge is 2.23. The van der Waals surface area contributed by atoms with Gasteiger partial charge < -0.3 is 20.3 Å². The van der Waals surface area contributed by atoms with Crippen LogP contribution in [0.2, 0.25) is 5.02 Å². The molecule has 1 fully saturated rings. The number of amides is 1. The molecule has 7 nitrogen and oxygen atoms in total. The second-order valence-corrected chi connectivity index (χ2v) is 6.16. The van der Waals surface area contributed by atoms with Gasteiger partial charge in [-0.2, -0.15) is 10.5 Å². The Morgan fingerprint density at radius 2 is 2.04 bits per heavy atom. The Morgan fingerprint density at radius 3 is 2.65 bits per heavy atom. The number of likely N-dealkylation sites (tertiary alicyclic amines) is 1. The van der Waals surface area contributed by atoms with Gasteiger partial charge >= 0.3 is 6.09 Å². The highest BCUT2D eigenvalue weighted by Crippen LogP contribution is 2.28. The van der Waals surface area contributed by atoms with Crippen LogP contribution < -0.4 is 10.6 Å². The number of nitriles is 2. The van der Waals surface area contributed by atoms with Gasteiger partial charge in [0.15, 0.2) is 0 Å². The molecule has 8 heteroatoms. The van der Waals surface area contributed by atoms with Crippen molar-refractivity contribution >= 4 is 29.1 Å². The zero-order valence-electron chi connectivity index (χ0n) is 14.5. The Labute approximate surface area is 157 Å². The van der Waals surface area contributed by atoms with Gasteiger partial charge in [-0.25, -0.2) is 4.79 Å². The summed E-state index contributed by atoms with van der Waals surface area (Å²) < 4.78 is 5.03. The number of hydrogen-bond donors (Lipinski definition) is 2. The van der Waals surface area contributed by atoms with E-state index in [1.807, 2.05) is 6.07 Å². The maximum absolute atomic E-state index is 11.8. The van der Waals surface area contributed by atoms with Gasteiger partial charge in [0.1, 0.15) is 17.7 Å². The number of rotatable bonds is 5. The summed E-state index contributed by atoms with van der Waals surface area (Å²) in [5, 5.41) is 24.6. The van der Waals surface area contributed by atoms with E-state index in [2.05, 4.69) is 10.6 Å². The summed E-state index contributed by atoms with van der Waals surface area (Å²) in [6.07, 6.45) is 2.65. The summed E-state index contributed by atoms with van der Waals surface area (Å²) in [5.74, 6) is 0. The lowest BCUT2D eigenvalue weighted by atomic mass is 10.0. The molecule has 0 aliphatic carbocycles. The minimum Gasteiger partial charge on any atom is -0.450 e. The first-order chi connectivity index (χ1) is 12.6. The molecule has 2 N–H and O–H groups in total. The molecule has 1 saturated heterocycles. The zero-order chi connectivity index (χ0) is 18.9. The van der Waals surface area contributed by atoms with Crippen LogP contribution in [0.1, 0.15) is 19.8 Å². The summed E-state index contributed by atoms with van der Waals surface area (Å²) in [6, 6.07) is 9.12. The Hall–Kier alpha value is -2.90. The lowest BCUT2D eigenvalue weighted by molar-refractivity contribution is 0.0983. The maximum atomic E-state index is 11.8. The van der Waals surface area contributed by atoms with Crippen LogP contribution in [-0.2, 0) is 4.74 Å². The average molecular weight is 374 g/mol. The van der Waals surface area contributed by atoms with Crippen molar-refractivity contribution in [3.05, 3.63) is 35.0 Å². The molecule has 1 heterocycles. The molecule has 1 aromatic carbocycles. The number of carbonyl (C=O) groups excluding carboxylic acids is 1. The first-order valence-corrected chi connectivity index (χ1v) is 8.69. The fraction of sp³-hybridized carbons (Fsp3) is 0.389. The monoisotopic (exact) mass is 373 g/mol. The molecule has 0 unspecified atom stereocenters. The minimum absolute atomic E-state index is 0.0290. The van der Waals surface area contributed by atoms with Crippen molar-refractivity contribution in [2.45, 2.75) is 25.8 Å². The van der Waals surface area contributed by atoms with Gasteiger partial charge in [0.2, 0.25) is 0 Å². The molecule has 2 rings (SSSR count). The third-order valence-electron chi connectivity index (χ3n) is 3.98. The largest absolute Gasteiger partial charge is 0.450 e. The summed E-state index contributed by atoms with van der Waals surface area (Å²) in [7, 11) is 0. The van der Waals surface area contributed by atoms with Crippen LogP contribution >= 0.6 is 11.6 Å². The van der Waals surface area contributed by atoms with Crippen LogP contribution in [0.15, 0.2) is 30.0 Å². The van der Waals surface area contributed by atoms with Gasteiger partial charge in [-0.1, -0.05) is 11.6 Å². The van der Waals surface area contributed by atoms with Crippen molar-refractivity contribution < 1.29 is 9.53 Å². The van der Waals surface area contributed by atoms with Gasteiger partial charge in [0.25, 0.3) is 0 Å². The van der Waals surface area contributed by atoms with Crippen molar-refractivity contribution in [3.8, 4) is 12.1 Å². The predicted molar refractivity (Wildman–Crippen MR) is 99.6 cm³/mol. The van der Waals surface area contributed by atoms with Crippen molar-refractivity contribution in [2.24, 2.45) is 0 Å². The van der Waals surface area contributed by atoms with Gasteiger partial charge in [0, 0.05) is 30.4 Å². The molecule has 1 aliphatic heterocycles. The van der Waals surface area contributed by atoms with E-state index in [0.29, 0.717) is 30.4 Å². The number of halogens is 1. The van der Waals surface area contributed by atoms with Gasteiger partial charge in [0.05, 0.1) is 18.0 Å². The first-order valence-electron chi connectivity index (χ1n) is 8.32. The molecule has 1 aromatic rings. The van der Waals surface area contributed by atoms with Gasteiger partial charge in [-0.05, 0) is 38.0 Å². The fourth-order valence-electron chi connectivity index (χ4n) is 2.64. The summed E-state index contributed by atoms with van der Waals surface area (Å²) in [6.45, 7) is 3.41. The second-order valence-electron chi connectivity index (χ2n) is 5.72. The van der Waals surface area contributed by atoms with Crippen molar-refractivity contribution in [3.63, 3.8) is 0 Å². The highest BCUT2D eigenvalue weighted by atomic mass is 35.5. The van der Waals surface area contributed by atoms with Crippen LogP contribution in [0.3, 0.4) is 0 Å². The van der Waals surface area contributed by atoms with E-state index in [4.69, 9.17) is 26.9 Å². The van der Waals surface area contributed by atoms with E-state index in [1.165, 1.54) is 6.20 Å². The molecule has 26 heavy (non-hydrogen) atoms. The first kappa shape index (κ1) is 19.4. The molecule has 0 bridgehead atoms. The van der Waals surface area contributed by atoms with E-state index < -0.39 is 0 Å². The number of piperidine rings is 1. The van der Waals surface area contributed by atoms with Gasteiger partial charge in [-0.15, -0.1) is 0 Å². The Morgan fingerprint density at radius 1 is 1.35 bits per heavy atom. The van der Waals surface area contributed by atoms with E-state index >= 15 is 0 Å². The smallest absolute Gasteiger partial charge is 0.409 e. The van der Waals surface area contributed by atoms with Gasteiger partial charge in [-0.3, -0.25) is 0 Å². The lowest BCUT2D eigenvalue weighted by Gasteiger charge is -2.32. The van der Waals surface area contributed by atoms with E-state index in [1.54, 1.807) is 36.1 Å². The Kier molecular flexibility index (Phi) is 7.13. The number of carbonyl (C=O) groups is 1. The number of ether oxygens (including phenoxy) is 1. The number of benzene rings is 1. The highest BCUT2D eigenvalue weighted by molar-refractivity contribution is 6.31. The molecule has 0 radical (unpaired) electrons. The van der Waals surface area contributed by atoms with E-state index in [0.717, 1.165) is 18.5 Å². The molecular weight excluding hydrogens is 354 g/mol. The quantitative estimate of drug-likeness (QED) is 0.763. The second kappa shape index (κ2) is 9.55. The van der Waals surface area contributed by atoms with Crippen LogP contribution in [0.5, 0.6) is 0 Å². The lowest BCUT2D eigenvalue weighted by Crippen LogP contribution is -2.42. The third-order valence-corrected chi connectivity index (χ3v) is 4.21. The van der Waals surface area contributed by atoms with Crippen molar-refractivity contribution in [2.75, 3.05) is 30.3 Å². The topological polar surface area (TPSA) is 101 Å². The van der Waals surface area contributed by atoms with E-state index in [-0.39, 0.29) is 17.7 Å². The summed E-state index contributed by atoms with van der Waals surface area (Å²) in [4.78, 5) is 13.5. The fourth-order valence-corrected chi connectivity index (χ4v) is 2.81. The number of allylic oxidation sites excluding steroid dienone is 1. The summed E-state index contributed by atoms with van der Waals surface area (Å²) in [5.41, 5.74) is 1.46. The van der Waals surface area contributed by atoms with Crippen molar-refractivity contribution in [1.29, 1.82) is 10.5 Å². The van der Waals surface area contributed by atoms with E-state index in [9.17, 15) is 4.79 Å². The molecular formula is C18H20ClN5O2. The molecule has 1 amide bonds. The third kappa shape index (κ3) is 5.30. The molecule has 0 spiro atoms. The molecule has 136 valence electrons. The number of hydrogen-bond acceptors (Lipinski definition) is 6. The minimum atomic E-state index is -0.273. The number of nitrogens with zero attached hydrogens (tertiary/aromatic N) is 3. The standard InChI is InChI=1S/C18H20ClN5O2/c1-2-26-18(25)24-7-5-15(6-8-24)23-16-4-3-14(19)9-17(16)22-12-13(10-20)11-21/h3-4,9,12,15,22-23H,2,5-8H2,1H3. The number of anilines is 2. The predicted octanol–water partition coefficient (Wildman–Crippen LogP) is 3.72. The molecule has 0 aromatic heterocycles. The number of nitrogens with one attached hydrogen (secondary N) is 2. The maximum Gasteiger partial charge on any atom is 0.409 e.